The van der Waals surface area contributed by atoms with Crippen LogP contribution in [0.3, 0.4) is 0 Å². The van der Waals surface area contributed by atoms with Crippen molar-refractivity contribution in [3.05, 3.63) is 64.7 Å². The molecule has 0 aliphatic carbocycles. The van der Waals surface area contributed by atoms with Crippen molar-refractivity contribution >= 4 is 21.8 Å². The van der Waals surface area contributed by atoms with Gasteiger partial charge >= 0.3 is 12.1 Å². The third-order valence-electron chi connectivity index (χ3n) is 6.04. The standard InChI is InChI=1S/C24H26F3NO5S/c1-15-7-8-19(13-16(15)2)22(29)17(3)33-23(30)18-9-11-28(12-10-18)34(31,32)21-6-4-5-20(14-21)24(25,26)27/h4-8,13-14,17-18H,9-12H2,1-3H3. The molecule has 2 aromatic rings. The number of carbonyl (C=O) groups is 2. The third kappa shape index (κ3) is 5.67. The number of rotatable bonds is 6. The van der Waals surface area contributed by atoms with Crippen molar-refractivity contribution in [2.75, 3.05) is 13.1 Å². The second-order valence-corrected chi connectivity index (χ2v) is 10.4. The van der Waals surface area contributed by atoms with Crippen LogP contribution in [0.1, 0.15) is 46.8 Å². The number of ether oxygens (including phenoxy) is 1. The van der Waals surface area contributed by atoms with Crippen LogP contribution in [0.4, 0.5) is 13.2 Å². The van der Waals surface area contributed by atoms with E-state index in [1.165, 1.54) is 6.92 Å². The van der Waals surface area contributed by atoms with E-state index in [-0.39, 0.29) is 31.7 Å². The fourth-order valence-electron chi connectivity index (χ4n) is 3.77. The van der Waals surface area contributed by atoms with Crippen LogP contribution >= 0.6 is 0 Å². The van der Waals surface area contributed by atoms with E-state index in [1.54, 1.807) is 12.1 Å². The number of Topliss-reactive ketones (excluding diaryl/α,β-unsaturated/α-hetero) is 1. The van der Waals surface area contributed by atoms with E-state index in [1.807, 2.05) is 19.9 Å². The minimum atomic E-state index is -4.66. The van der Waals surface area contributed by atoms with Crippen LogP contribution < -0.4 is 0 Å². The Morgan fingerprint density at radius 2 is 1.68 bits per heavy atom. The molecule has 1 unspecified atom stereocenters. The number of sulfonamides is 1. The first-order chi connectivity index (χ1) is 15.8. The maximum Gasteiger partial charge on any atom is 0.416 e. The van der Waals surface area contributed by atoms with E-state index in [9.17, 15) is 31.2 Å². The molecule has 1 saturated heterocycles. The average molecular weight is 498 g/mol. The van der Waals surface area contributed by atoms with Crippen molar-refractivity contribution in [1.29, 1.82) is 0 Å². The van der Waals surface area contributed by atoms with Gasteiger partial charge < -0.3 is 4.74 Å². The van der Waals surface area contributed by atoms with Gasteiger partial charge in [0, 0.05) is 18.7 Å². The van der Waals surface area contributed by atoms with Crippen molar-refractivity contribution < 1.29 is 35.9 Å². The molecule has 0 spiro atoms. The highest BCUT2D eigenvalue weighted by molar-refractivity contribution is 7.89. The van der Waals surface area contributed by atoms with E-state index >= 15 is 0 Å². The van der Waals surface area contributed by atoms with Gasteiger partial charge in [-0.05, 0) is 69.0 Å². The molecule has 1 heterocycles. The summed E-state index contributed by atoms with van der Waals surface area (Å²) >= 11 is 0. The highest BCUT2D eigenvalue weighted by Gasteiger charge is 2.36. The van der Waals surface area contributed by atoms with Gasteiger partial charge in [0.1, 0.15) is 0 Å². The average Bonchev–Trinajstić information content (AvgIpc) is 2.80. The van der Waals surface area contributed by atoms with Gasteiger partial charge in [0.05, 0.1) is 16.4 Å². The maximum absolute atomic E-state index is 13.0. The minimum Gasteiger partial charge on any atom is -0.454 e. The topological polar surface area (TPSA) is 80.8 Å². The Balaban J connectivity index is 1.61. The maximum atomic E-state index is 13.0. The van der Waals surface area contributed by atoms with E-state index in [2.05, 4.69) is 0 Å². The van der Waals surface area contributed by atoms with E-state index in [0.29, 0.717) is 11.6 Å². The van der Waals surface area contributed by atoms with Crippen LogP contribution in [0.2, 0.25) is 0 Å². The number of hydrogen-bond acceptors (Lipinski definition) is 5. The predicted octanol–water partition coefficient (Wildman–Crippen LogP) is 4.54. The molecule has 1 aliphatic heterocycles. The van der Waals surface area contributed by atoms with Gasteiger partial charge in [-0.2, -0.15) is 17.5 Å². The summed E-state index contributed by atoms with van der Waals surface area (Å²) in [6.07, 6.45) is -5.38. The number of esters is 1. The van der Waals surface area contributed by atoms with Crippen molar-refractivity contribution in [3.63, 3.8) is 0 Å². The number of hydrogen-bond donors (Lipinski definition) is 0. The molecule has 0 saturated carbocycles. The van der Waals surface area contributed by atoms with Gasteiger partial charge in [-0.25, -0.2) is 8.42 Å². The second-order valence-electron chi connectivity index (χ2n) is 8.45. The van der Waals surface area contributed by atoms with Crippen LogP contribution in [-0.2, 0) is 25.7 Å². The van der Waals surface area contributed by atoms with Crippen LogP contribution in [-0.4, -0.2) is 43.7 Å². The third-order valence-corrected chi connectivity index (χ3v) is 7.93. The highest BCUT2D eigenvalue weighted by Crippen LogP contribution is 2.32. The summed E-state index contributed by atoms with van der Waals surface area (Å²) in [5, 5.41) is 0. The quantitative estimate of drug-likeness (QED) is 0.433. The molecule has 10 heteroatoms. The molecular weight excluding hydrogens is 471 g/mol. The molecular formula is C24H26F3NO5S. The minimum absolute atomic E-state index is 0.0438. The molecule has 1 aliphatic rings. The molecule has 1 atom stereocenters. The monoisotopic (exact) mass is 497 g/mol. The largest absolute Gasteiger partial charge is 0.454 e. The fourth-order valence-corrected chi connectivity index (χ4v) is 5.28. The summed E-state index contributed by atoms with van der Waals surface area (Å²) in [5.74, 6) is -1.54. The molecule has 0 amide bonds. The van der Waals surface area contributed by atoms with Gasteiger partial charge in [0.2, 0.25) is 15.8 Å². The summed E-state index contributed by atoms with van der Waals surface area (Å²) in [7, 11) is -4.15. The molecule has 2 aromatic carbocycles. The number of benzene rings is 2. The zero-order valence-corrected chi connectivity index (χ0v) is 19.9. The lowest BCUT2D eigenvalue weighted by molar-refractivity contribution is -0.152. The Hall–Kier alpha value is -2.72. The number of aryl methyl sites for hydroxylation is 2. The lowest BCUT2D eigenvalue weighted by Crippen LogP contribution is -2.41. The fraction of sp³-hybridized carbons (Fsp3) is 0.417. The molecule has 34 heavy (non-hydrogen) atoms. The number of nitrogens with zero attached hydrogens (tertiary/aromatic N) is 1. The summed E-state index contributed by atoms with van der Waals surface area (Å²) < 4.78 is 70.9. The Morgan fingerprint density at radius 3 is 2.26 bits per heavy atom. The molecule has 6 nitrogen and oxygen atoms in total. The first kappa shape index (κ1) is 25.9. The summed E-state index contributed by atoms with van der Waals surface area (Å²) in [6.45, 7) is 5.20. The second kappa shape index (κ2) is 9.87. The van der Waals surface area contributed by atoms with Gasteiger partial charge in [0.25, 0.3) is 0 Å². The molecule has 0 bridgehead atoms. The lowest BCUT2D eigenvalue weighted by Gasteiger charge is -2.30. The van der Waals surface area contributed by atoms with Gasteiger partial charge in [-0.15, -0.1) is 0 Å². The van der Waals surface area contributed by atoms with E-state index in [4.69, 9.17) is 4.74 Å². The Morgan fingerprint density at radius 1 is 1.03 bits per heavy atom. The highest BCUT2D eigenvalue weighted by atomic mass is 32.2. The smallest absolute Gasteiger partial charge is 0.416 e. The Labute approximate surface area is 196 Å². The summed E-state index contributed by atoms with van der Waals surface area (Å²) in [4.78, 5) is 24.8. The molecule has 1 fully saturated rings. The van der Waals surface area contributed by atoms with Gasteiger partial charge in [0.15, 0.2) is 6.10 Å². The number of piperidine rings is 1. The van der Waals surface area contributed by atoms with Crippen LogP contribution in [0.25, 0.3) is 0 Å². The Kier molecular flexibility index (Phi) is 7.52. The predicted molar refractivity (Wildman–Crippen MR) is 119 cm³/mol. The van der Waals surface area contributed by atoms with Crippen molar-refractivity contribution in [2.24, 2.45) is 5.92 Å². The lowest BCUT2D eigenvalue weighted by atomic mass is 9.98. The van der Waals surface area contributed by atoms with Crippen LogP contribution in [0, 0.1) is 19.8 Å². The van der Waals surface area contributed by atoms with Crippen LogP contribution in [0.15, 0.2) is 47.4 Å². The first-order valence-electron chi connectivity index (χ1n) is 10.8. The number of carbonyl (C=O) groups excluding carboxylic acids is 2. The van der Waals surface area contributed by atoms with Crippen molar-refractivity contribution in [2.45, 2.75) is 50.8 Å². The SMILES string of the molecule is Cc1ccc(C(=O)C(C)OC(=O)C2CCN(S(=O)(=O)c3cccc(C(F)(F)F)c3)CC2)cc1C. The van der Waals surface area contributed by atoms with E-state index < -0.39 is 44.6 Å². The number of alkyl halides is 3. The first-order valence-corrected chi connectivity index (χ1v) is 12.2. The molecule has 3 rings (SSSR count). The normalized spacial score (nSPS) is 16.8. The summed E-state index contributed by atoms with van der Waals surface area (Å²) in [6, 6.07) is 8.80. The van der Waals surface area contributed by atoms with Gasteiger partial charge in [-0.1, -0.05) is 18.2 Å². The molecule has 0 N–H and O–H groups in total. The van der Waals surface area contributed by atoms with Crippen molar-refractivity contribution in [1.82, 2.24) is 4.31 Å². The zero-order chi connectivity index (χ0) is 25.3. The molecule has 0 radical (unpaired) electrons. The molecule has 184 valence electrons. The zero-order valence-electron chi connectivity index (χ0n) is 19.1. The van der Waals surface area contributed by atoms with E-state index in [0.717, 1.165) is 33.6 Å². The number of ketones is 1. The molecule has 0 aromatic heterocycles. The van der Waals surface area contributed by atoms with Crippen LogP contribution in [0.5, 0.6) is 0 Å². The number of halogens is 3. The summed E-state index contributed by atoms with van der Waals surface area (Å²) in [5.41, 5.74) is 1.37. The van der Waals surface area contributed by atoms with Gasteiger partial charge in [-0.3, -0.25) is 9.59 Å². The van der Waals surface area contributed by atoms with Crippen molar-refractivity contribution in [3.8, 4) is 0 Å². The Bertz CT molecular complexity index is 1190.